The monoisotopic (exact) mass is 655 g/mol. The SMILES string of the molecule is O=Cc1cc2sc(-c3ccc(N(c4ccc(Br)cc4)c4ccc(-c5cc6scc(C=O)c6s5)cc4)cc3)cc2s1. The molecule has 0 spiro atoms. The summed E-state index contributed by atoms with van der Waals surface area (Å²) in [6.45, 7) is 0. The van der Waals surface area contributed by atoms with Crippen molar-refractivity contribution in [3.8, 4) is 20.9 Å². The molecule has 4 aromatic heterocycles. The van der Waals surface area contributed by atoms with Crippen molar-refractivity contribution < 1.29 is 9.59 Å². The minimum Gasteiger partial charge on any atom is -0.311 e. The molecule has 7 rings (SSSR count). The lowest BCUT2D eigenvalue weighted by Crippen LogP contribution is -2.09. The van der Waals surface area contributed by atoms with Crippen LogP contribution in [0.2, 0.25) is 0 Å². The van der Waals surface area contributed by atoms with E-state index in [9.17, 15) is 9.59 Å². The molecule has 0 aliphatic rings. The fourth-order valence-corrected chi connectivity index (χ4v) is 9.49. The Balaban J connectivity index is 1.23. The first-order valence-electron chi connectivity index (χ1n) is 12.3. The van der Waals surface area contributed by atoms with Crippen LogP contribution in [0, 0.1) is 0 Å². The minimum absolute atomic E-state index is 0.768. The van der Waals surface area contributed by atoms with Gasteiger partial charge in [0.1, 0.15) is 0 Å². The molecular formula is C32H18BrNO2S4. The molecule has 4 heterocycles. The maximum atomic E-state index is 11.4. The summed E-state index contributed by atoms with van der Waals surface area (Å²) in [7, 11) is 0. The molecule has 0 saturated heterocycles. The molecule has 7 aromatic rings. The van der Waals surface area contributed by atoms with Gasteiger partial charge in [-0.05, 0) is 77.9 Å². The lowest BCUT2D eigenvalue weighted by atomic mass is 10.1. The second kappa shape index (κ2) is 10.5. The average molecular weight is 657 g/mol. The zero-order chi connectivity index (χ0) is 27.2. The van der Waals surface area contributed by atoms with E-state index in [0.29, 0.717) is 0 Å². The maximum absolute atomic E-state index is 11.4. The molecule has 0 amide bonds. The average Bonchev–Trinajstić information content (AvgIpc) is 3.75. The summed E-state index contributed by atoms with van der Waals surface area (Å²) in [5.74, 6) is 0. The maximum Gasteiger partial charge on any atom is 0.160 e. The number of benzene rings is 3. The first-order chi connectivity index (χ1) is 19.6. The number of hydrogen-bond acceptors (Lipinski definition) is 7. The Morgan fingerprint density at radius 3 is 1.73 bits per heavy atom. The summed E-state index contributed by atoms with van der Waals surface area (Å²) >= 11 is 10.1. The number of hydrogen-bond donors (Lipinski definition) is 0. The van der Waals surface area contributed by atoms with Crippen molar-refractivity contribution in [3.05, 3.63) is 111 Å². The number of rotatable bonds is 7. The van der Waals surface area contributed by atoms with Gasteiger partial charge in [-0.3, -0.25) is 9.59 Å². The summed E-state index contributed by atoms with van der Waals surface area (Å²) in [6, 6.07) is 31.9. The normalized spacial score (nSPS) is 11.3. The van der Waals surface area contributed by atoms with Gasteiger partial charge in [-0.15, -0.1) is 45.3 Å². The van der Waals surface area contributed by atoms with Crippen LogP contribution >= 0.6 is 61.3 Å². The van der Waals surface area contributed by atoms with Crippen LogP contribution in [0.15, 0.2) is 101 Å². The Morgan fingerprint density at radius 1 is 0.600 bits per heavy atom. The first kappa shape index (κ1) is 25.6. The molecule has 3 nitrogen and oxygen atoms in total. The van der Waals surface area contributed by atoms with Crippen LogP contribution in [0.3, 0.4) is 0 Å². The summed E-state index contributed by atoms with van der Waals surface area (Å²) in [6.07, 6.45) is 1.86. The number of halogens is 1. The molecule has 0 fully saturated rings. The molecule has 0 aliphatic heterocycles. The summed E-state index contributed by atoms with van der Waals surface area (Å²) in [5.41, 5.74) is 6.25. The number of fused-ring (bicyclic) bond motifs is 2. The van der Waals surface area contributed by atoms with Gasteiger partial charge in [0.25, 0.3) is 0 Å². The van der Waals surface area contributed by atoms with Crippen LogP contribution in [-0.4, -0.2) is 12.6 Å². The highest BCUT2D eigenvalue weighted by Gasteiger charge is 2.15. The van der Waals surface area contributed by atoms with Gasteiger partial charge in [0, 0.05) is 56.3 Å². The Labute approximate surface area is 254 Å². The van der Waals surface area contributed by atoms with Gasteiger partial charge in [-0.2, -0.15) is 0 Å². The molecule has 0 radical (unpaired) electrons. The standard InChI is InChI=1S/C32H18BrNO2S4/c33-22-5-11-25(12-6-22)34(23-7-1-19(2-8-23)27-14-30-29(39-27)13-26(17-36)38-30)24-9-3-20(4-10-24)28-15-31-32(40-28)21(16-35)18-37-31/h1-18H. The van der Waals surface area contributed by atoms with Gasteiger partial charge in [0.2, 0.25) is 0 Å². The lowest BCUT2D eigenvalue weighted by Gasteiger charge is -2.26. The van der Waals surface area contributed by atoms with E-state index in [-0.39, 0.29) is 0 Å². The lowest BCUT2D eigenvalue weighted by molar-refractivity contribution is 0.111. The highest BCUT2D eigenvalue weighted by Crippen LogP contribution is 2.42. The Hall–Kier alpha value is -3.40. The largest absolute Gasteiger partial charge is 0.311 e. The van der Waals surface area contributed by atoms with Crippen molar-refractivity contribution in [1.29, 1.82) is 0 Å². The third-order valence-corrected chi connectivity index (χ3v) is 11.8. The zero-order valence-electron chi connectivity index (χ0n) is 20.7. The molecule has 0 N–H and O–H groups in total. The van der Waals surface area contributed by atoms with Crippen molar-refractivity contribution in [2.24, 2.45) is 0 Å². The van der Waals surface area contributed by atoms with Gasteiger partial charge >= 0.3 is 0 Å². The van der Waals surface area contributed by atoms with Crippen molar-refractivity contribution >= 4 is 110 Å². The van der Waals surface area contributed by atoms with Gasteiger partial charge in [-0.25, -0.2) is 0 Å². The molecule has 194 valence electrons. The van der Waals surface area contributed by atoms with Crippen LogP contribution in [-0.2, 0) is 0 Å². The van der Waals surface area contributed by atoms with Gasteiger partial charge in [0.05, 0.1) is 9.58 Å². The minimum atomic E-state index is 0.768. The number of nitrogens with zero attached hydrogens (tertiary/aromatic N) is 1. The van der Waals surface area contributed by atoms with Crippen molar-refractivity contribution in [2.45, 2.75) is 0 Å². The predicted octanol–water partition coefficient (Wildman–Crippen LogP) is 11.4. The van der Waals surface area contributed by atoms with Gasteiger partial charge in [-0.1, -0.05) is 40.2 Å². The zero-order valence-corrected chi connectivity index (χ0v) is 25.5. The summed E-state index contributed by atoms with van der Waals surface area (Å²) in [4.78, 5) is 27.9. The molecule has 40 heavy (non-hydrogen) atoms. The molecule has 0 aliphatic carbocycles. The smallest absolute Gasteiger partial charge is 0.160 e. The number of carbonyl (C=O) groups excluding carboxylic acids is 2. The van der Waals surface area contributed by atoms with E-state index in [1.165, 1.54) is 16.2 Å². The van der Waals surface area contributed by atoms with E-state index in [1.807, 2.05) is 11.4 Å². The highest BCUT2D eigenvalue weighted by molar-refractivity contribution is 9.10. The second-order valence-corrected chi connectivity index (χ2v) is 14.2. The van der Waals surface area contributed by atoms with Crippen LogP contribution in [0.25, 0.3) is 39.7 Å². The number of anilines is 3. The molecule has 0 atom stereocenters. The van der Waals surface area contributed by atoms with Crippen molar-refractivity contribution in [2.75, 3.05) is 4.90 Å². The van der Waals surface area contributed by atoms with E-state index in [2.05, 4.69) is 106 Å². The molecule has 0 saturated carbocycles. The molecule has 0 unspecified atom stereocenters. The van der Waals surface area contributed by atoms with Gasteiger partial charge < -0.3 is 4.90 Å². The van der Waals surface area contributed by atoms with Gasteiger partial charge in [0.15, 0.2) is 12.6 Å². The molecule has 8 heteroatoms. The van der Waals surface area contributed by atoms with E-state index >= 15 is 0 Å². The number of aldehydes is 2. The quantitative estimate of drug-likeness (QED) is 0.160. The fourth-order valence-electron chi connectivity index (χ4n) is 4.71. The number of carbonyl (C=O) groups is 2. The van der Waals surface area contributed by atoms with E-state index in [1.54, 1.807) is 34.0 Å². The summed E-state index contributed by atoms with van der Waals surface area (Å²) < 4.78 is 5.54. The fraction of sp³-hybridized carbons (Fsp3) is 0. The van der Waals surface area contributed by atoms with Crippen LogP contribution < -0.4 is 4.90 Å². The first-order valence-corrected chi connectivity index (χ1v) is 16.4. The molecular weight excluding hydrogens is 639 g/mol. The van der Waals surface area contributed by atoms with Crippen LogP contribution in [0.4, 0.5) is 17.1 Å². The topological polar surface area (TPSA) is 37.4 Å². The highest BCUT2D eigenvalue weighted by atomic mass is 79.9. The van der Waals surface area contributed by atoms with E-state index in [4.69, 9.17) is 0 Å². The molecule has 0 bridgehead atoms. The Morgan fingerprint density at radius 2 is 1.15 bits per heavy atom. The predicted molar refractivity (Wildman–Crippen MR) is 177 cm³/mol. The van der Waals surface area contributed by atoms with Crippen LogP contribution in [0.1, 0.15) is 20.0 Å². The van der Waals surface area contributed by atoms with Crippen LogP contribution in [0.5, 0.6) is 0 Å². The van der Waals surface area contributed by atoms with E-state index < -0.39 is 0 Å². The second-order valence-electron chi connectivity index (χ2n) is 9.12. The van der Waals surface area contributed by atoms with E-state index in [0.717, 1.165) is 79.4 Å². The third kappa shape index (κ3) is 4.66. The Kier molecular flexibility index (Phi) is 6.73. The third-order valence-electron chi connectivity index (χ3n) is 6.65. The summed E-state index contributed by atoms with van der Waals surface area (Å²) in [5, 5.41) is 1.92. The Bertz CT molecular complexity index is 1960. The number of thiophene rings is 4. The van der Waals surface area contributed by atoms with Crippen molar-refractivity contribution in [3.63, 3.8) is 0 Å². The molecule has 3 aromatic carbocycles. The van der Waals surface area contributed by atoms with Crippen molar-refractivity contribution in [1.82, 2.24) is 0 Å².